The lowest BCUT2D eigenvalue weighted by Gasteiger charge is -2.13. The van der Waals surface area contributed by atoms with Gasteiger partial charge in [0, 0.05) is 22.0 Å². The van der Waals surface area contributed by atoms with Crippen molar-refractivity contribution in [1.82, 2.24) is 5.32 Å². The number of nitrogens with one attached hydrogen (secondary N) is 1. The number of methoxy groups -OCH3 is 1. The molecular formula is C20H21BrN2O2S. The first kappa shape index (κ1) is 20.3. The summed E-state index contributed by atoms with van der Waals surface area (Å²) in [5, 5.41) is 5.87. The molecule has 1 aromatic carbocycles. The number of nitrogens with zero attached hydrogens (tertiary/aromatic N) is 1. The molecule has 26 heavy (non-hydrogen) atoms. The molecule has 6 heteroatoms. The summed E-state index contributed by atoms with van der Waals surface area (Å²) < 4.78 is 6.25. The fourth-order valence-corrected chi connectivity index (χ4v) is 3.21. The van der Waals surface area contributed by atoms with Crippen molar-refractivity contribution in [1.29, 1.82) is 0 Å². The number of para-hydroxylation sites is 1. The van der Waals surface area contributed by atoms with Gasteiger partial charge in [0.2, 0.25) is 0 Å². The van der Waals surface area contributed by atoms with Gasteiger partial charge in [-0.2, -0.15) is 0 Å². The normalized spacial score (nSPS) is 14.6. The molecule has 1 heterocycles. The summed E-state index contributed by atoms with van der Waals surface area (Å²) in [6.45, 7) is 4.31. The minimum absolute atomic E-state index is 0.0500. The average Bonchev–Trinajstić information content (AvgIpc) is 2.68. The van der Waals surface area contributed by atoms with E-state index in [-0.39, 0.29) is 12.3 Å². The van der Waals surface area contributed by atoms with Crippen molar-refractivity contribution < 1.29 is 9.53 Å². The van der Waals surface area contributed by atoms with Crippen LogP contribution in [0.25, 0.3) is 0 Å². The van der Waals surface area contributed by atoms with Crippen molar-refractivity contribution in [2.75, 3.05) is 20.2 Å². The number of ketones is 1. The van der Waals surface area contributed by atoms with Gasteiger partial charge in [0.1, 0.15) is 5.75 Å². The molecule has 1 aliphatic heterocycles. The van der Waals surface area contributed by atoms with E-state index in [0.717, 1.165) is 26.4 Å². The Hall–Kier alpha value is -2.05. The average molecular weight is 433 g/mol. The maximum atomic E-state index is 12.2. The number of ether oxygens (including phenoxy) is 1. The second-order valence-corrected chi connectivity index (χ2v) is 7.24. The van der Waals surface area contributed by atoms with Crippen molar-refractivity contribution in [3.05, 3.63) is 76.3 Å². The number of thioether (sulfide) groups is 1. The van der Waals surface area contributed by atoms with Gasteiger partial charge in [-0.05, 0) is 29.8 Å². The number of hydrogen-bond donors (Lipinski definition) is 1. The first-order valence-corrected chi connectivity index (χ1v) is 9.73. The third-order valence-corrected chi connectivity index (χ3v) is 5.12. The van der Waals surface area contributed by atoms with E-state index in [9.17, 15) is 4.79 Å². The highest BCUT2D eigenvalue weighted by Crippen LogP contribution is 2.24. The predicted molar refractivity (Wildman–Crippen MR) is 114 cm³/mol. The smallest absolute Gasteiger partial charge is 0.180 e. The molecule has 1 aromatic rings. The van der Waals surface area contributed by atoms with Crippen LogP contribution in [0.4, 0.5) is 0 Å². The number of Topliss-reactive ketones (excluding diaryl/α,β-unsaturated/α-hetero) is 1. The van der Waals surface area contributed by atoms with Crippen LogP contribution in [0.5, 0.6) is 5.75 Å². The van der Waals surface area contributed by atoms with Crippen molar-refractivity contribution in [3.8, 4) is 5.75 Å². The Bertz CT molecular complexity index is 782. The van der Waals surface area contributed by atoms with Gasteiger partial charge in [-0.3, -0.25) is 9.79 Å². The van der Waals surface area contributed by atoms with Crippen LogP contribution in [0.15, 0.2) is 75.7 Å². The topological polar surface area (TPSA) is 50.7 Å². The van der Waals surface area contributed by atoms with E-state index in [2.05, 4.69) is 32.8 Å². The molecule has 4 nitrogen and oxygen atoms in total. The first-order valence-electron chi connectivity index (χ1n) is 8.06. The van der Waals surface area contributed by atoms with Gasteiger partial charge in [-0.15, -0.1) is 0 Å². The zero-order valence-corrected chi connectivity index (χ0v) is 17.0. The number of benzene rings is 1. The summed E-state index contributed by atoms with van der Waals surface area (Å²) in [6, 6.07) is 7.90. The molecule has 1 N–H and O–H groups in total. The molecule has 0 amide bonds. The van der Waals surface area contributed by atoms with Crippen LogP contribution in [-0.4, -0.2) is 31.0 Å². The molecule has 0 saturated heterocycles. The van der Waals surface area contributed by atoms with E-state index >= 15 is 0 Å². The van der Waals surface area contributed by atoms with Gasteiger partial charge in [0.05, 0.1) is 25.2 Å². The number of carbonyl (C=O) groups is 1. The Morgan fingerprint density at radius 1 is 1.46 bits per heavy atom. The highest BCUT2D eigenvalue weighted by atomic mass is 79.9. The third-order valence-electron chi connectivity index (χ3n) is 3.58. The lowest BCUT2D eigenvalue weighted by atomic mass is 10.1. The van der Waals surface area contributed by atoms with E-state index in [1.807, 2.05) is 41.8 Å². The van der Waals surface area contributed by atoms with Crippen LogP contribution in [-0.2, 0) is 11.2 Å². The SMILES string of the molecule is C=C/C(Br)=C\C=C\NCC(=O)C1=CSC(Cc2ccccc2OC)=NC1. The lowest BCUT2D eigenvalue weighted by molar-refractivity contribution is -0.114. The summed E-state index contributed by atoms with van der Waals surface area (Å²) in [6.07, 6.45) is 7.79. The Balaban J connectivity index is 1.82. The molecule has 0 aliphatic carbocycles. The number of rotatable bonds is 9. The Morgan fingerprint density at radius 3 is 2.96 bits per heavy atom. The summed E-state index contributed by atoms with van der Waals surface area (Å²) in [5.74, 6) is 0.906. The maximum absolute atomic E-state index is 12.2. The van der Waals surface area contributed by atoms with Crippen LogP contribution in [0.1, 0.15) is 5.56 Å². The van der Waals surface area contributed by atoms with E-state index in [1.165, 1.54) is 11.8 Å². The van der Waals surface area contributed by atoms with Crippen LogP contribution in [0.2, 0.25) is 0 Å². The van der Waals surface area contributed by atoms with Crippen molar-refractivity contribution in [3.63, 3.8) is 0 Å². The van der Waals surface area contributed by atoms with Crippen LogP contribution in [0.3, 0.4) is 0 Å². The second kappa shape index (κ2) is 10.8. The molecule has 0 radical (unpaired) electrons. The highest BCUT2D eigenvalue weighted by Gasteiger charge is 2.15. The van der Waals surface area contributed by atoms with Crippen LogP contribution < -0.4 is 10.1 Å². The van der Waals surface area contributed by atoms with Crippen molar-refractivity contribution in [2.45, 2.75) is 6.42 Å². The van der Waals surface area contributed by atoms with Crippen molar-refractivity contribution >= 4 is 38.5 Å². The molecule has 0 aromatic heterocycles. The number of carbonyl (C=O) groups excluding carboxylic acids is 1. The number of aliphatic imine (C=N–C) groups is 1. The van der Waals surface area contributed by atoms with E-state index in [1.54, 1.807) is 19.4 Å². The molecule has 136 valence electrons. The van der Waals surface area contributed by atoms with Gasteiger partial charge >= 0.3 is 0 Å². The second-order valence-electron chi connectivity index (χ2n) is 5.38. The Morgan fingerprint density at radius 2 is 2.27 bits per heavy atom. The fourth-order valence-electron chi connectivity index (χ4n) is 2.19. The zero-order valence-electron chi connectivity index (χ0n) is 14.6. The summed E-state index contributed by atoms with van der Waals surface area (Å²) in [5.41, 5.74) is 1.82. The van der Waals surface area contributed by atoms with Gasteiger partial charge in [0.25, 0.3) is 0 Å². The predicted octanol–water partition coefficient (Wildman–Crippen LogP) is 4.40. The first-order chi connectivity index (χ1) is 12.6. The van der Waals surface area contributed by atoms with Gasteiger partial charge in [-0.1, -0.05) is 58.5 Å². The monoisotopic (exact) mass is 432 g/mol. The number of halogens is 1. The molecule has 0 fully saturated rings. The van der Waals surface area contributed by atoms with Gasteiger partial charge < -0.3 is 10.1 Å². The molecule has 2 rings (SSSR count). The lowest BCUT2D eigenvalue weighted by Crippen LogP contribution is -2.22. The molecule has 0 unspecified atom stereocenters. The molecule has 0 spiro atoms. The molecule has 0 atom stereocenters. The molecule has 1 aliphatic rings. The van der Waals surface area contributed by atoms with E-state index < -0.39 is 0 Å². The standard InChI is InChI=1S/C20H21BrN2O2S/c1-3-17(21)8-6-10-22-13-18(24)16-12-23-20(26-14-16)11-15-7-4-5-9-19(15)25-2/h3-10,14,22H,1,11-13H2,2H3/b10-6+,17-8+. The summed E-state index contributed by atoms with van der Waals surface area (Å²) in [4.78, 5) is 16.8. The van der Waals surface area contributed by atoms with Crippen molar-refractivity contribution in [2.24, 2.45) is 4.99 Å². The molecular weight excluding hydrogens is 412 g/mol. The van der Waals surface area contributed by atoms with Gasteiger partial charge in [0.15, 0.2) is 5.78 Å². The number of hydrogen-bond acceptors (Lipinski definition) is 5. The highest BCUT2D eigenvalue weighted by molar-refractivity contribution is 9.11. The minimum Gasteiger partial charge on any atom is -0.496 e. The fraction of sp³-hybridized carbons (Fsp3) is 0.200. The number of allylic oxidation sites excluding steroid dienone is 4. The Kier molecular flexibility index (Phi) is 8.44. The summed E-state index contributed by atoms with van der Waals surface area (Å²) in [7, 11) is 1.67. The summed E-state index contributed by atoms with van der Waals surface area (Å²) >= 11 is 4.82. The van der Waals surface area contributed by atoms with Gasteiger partial charge in [-0.25, -0.2) is 0 Å². The third kappa shape index (κ3) is 6.35. The largest absolute Gasteiger partial charge is 0.496 e. The zero-order chi connectivity index (χ0) is 18.8. The molecule has 0 bridgehead atoms. The maximum Gasteiger partial charge on any atom is 0.180 e. The van der Waals surface area contributed by atoms with Crippen LogP contribution >= 0.6 is 27.7 Å². The van der Waals surface area contributed by atoms with Crippen LogP contribution in [0, 0.1) is 0 Å². The Labute approximate surface area is 166 Å². The van der Waals surface area contributed by atoms with E-state index in [4.69, 9.17) is 4.74 Å². The molecule has 0 saturated carbocycles. The minimum atomic E-state index is 0.0500. The quantitative estimate of drug-likeness (QED) is 0.587. The van der Waals surface area contributed by atoms with E-state index in [0.29, 0.717) is 13.0 Å².